The summed E-state index contributed by atoms with van der Waals surface area (Å²) in [5, 5.41) is 3.47. The smallest absolute Gasteiger partial charge is 0.272 e. The molecule has 2 atom stereocenters. The topological polar surface area (TPSA) is 45.2 Å². The predicted octanol–water partition coefficient (Wildman–Crippen LogP) is 3.80. The highest BCUT2D eigenvalue weighted by Gasteiger charge is 2.15. The van der Waals surface area contributed by atoms with Gasteiger partial charge in [-0.15, -0.1) is 0 Å². The minimum Gasteiger partial charge on any atom is -0.382 e. The molecule has 1 rings (SSSR count). The van der Waals surface area contributed by atoms with Crippen LogP contribution in [0.2, 0.25) is 0 Å². The van der Waals surface area contributed by atoms with Crippen molar-refractivity contribution < 1.29 is 4.79 Å². The third-order valence-corrected chi connectivity index (χ3v) is 3.90. The lowest BCUT2D eigenvalue weighted by atomic mass is 10.0. The largest absolute Gasteiger partial charge is 0.382 e. The van der Waals surface area contributed by atoms with Crippen LogP contribution in [0.5, 0.6) is 0 Å². The Hall–Kier alpha value is -1.58. The molecule has 4 nitrogen and oxygen atoms in total. The summed E-state index contributed by atoms with van der Waals surface area (Å²) in [5.41, 5.74) is 1.48. The normalized spacial score (nSPS) is 13.6. The molecule has 118 valence electrons. The summed E-state index contributed by atoms with van der Waals surface area (Å²) < 4.78 is 0. The van der Waals surface area contributed by atoms with Crippen molar-refractivity contribution in [2.45, 2.75) is 53.5 Å². The number of nitrogens with one attached hydrogen (secondary N) is 1. The van der Waals surface area contributed by atoms with E-state index in [0.717, 1.165) is 12.1 Å². The Balaban J connectivity index is 2.74. The van der Waals surface area contributed by atoms with Crippen molar-refractivity contribution in [3.8, 4) is 0 Å². The van der Waals surface area contributed by atoms with Gasteiger partial charge in [-0.05, 0) is 45.2 Å². The van der Waals surface area contributed by atoms with E-state index in [1.807, 2.05) is 26.0 Å². The van der Waals surface area contributed by atoms with Crippen LogP contribution in [0, 0.1) is 5.92 Å². The zero-order valence-corrected chi connectivity index (χ0v) is 14.0. The van der Waals surface area contributed by atoms with Crippen LogP contribution in [0.25, 0.3) is 0 Å². The molecule has 4 heteroatoms. The van der Waals surface area contributed by atoms with Gasteiger partial charge in [-0.3, -0.25) is 9.78 Å². The van der Waals surface area contributed by atoms with Gasteiger partial charge in [0.1, 0.15) is 5.69 Å². The average molecular weight is 291 g/mol. The average Bonchev–Trinajstić information content (AvgIpc) is 2.48. The first-order valence-corrected chi connectivity index (χ1v) is 8.03. The number of hydrogen-bond acceptors (Lipinski definition) is 3. The fourth-order valence-electron chi connectivity index (χ4n) is 2.42. The van der Waals surface area contributed by atoms with Gasteiger partial charge in [0, 0.05) is 31.0 Å². The monoisotopic (exact) mass is 291 g/mol. The van der Waals surface area contributed by atoms with Crippen LogP contribution in [-0.2, 0) is 0 Å². The quantitative estimate of drug-likeness (QED) is 0.792. The Kier molecular flexibility index (Phi) is 7.20. The van der Waals surface area contributed by atoms with E-state index in [4.69, 9.17) is 0 Å². The Labute approximate surface area is 129 Å². The summed E-state index contributed by atoms with van der Waals surface area (Å²) in [6, 6.07) is 4.17. The Bertz CT molecular complexity index is 443. The minimum absolute atomic E-state index is 0.00164. The molecule has 0 saturated carbocycles. The van der Waals surface area contributed by atoms with Crippen molar-refractivity contribution in [3.63, 3.8) is 0 Å². The minimum atomic E-state index is -0.00164. The SMILES string of the molecule is CCC(C)CC(C)Nc1ccnc(C(=O)N(CC)CC)c1. The Morgan fingerprint density at radius 1 is 1.29 bits per heavy atom. The lowest BCUT2D eigenvalue weighted by Gasteiger charge is -2.20. The molecule has 0 aliphatic carbocycles. The molecular formula is C17H29N3O. The van der Waals surface area contributed by atoms with Crippen molar-refractivity contribution in [1.29, 1.82) is 0 Å². The second-order valence-corrected chi connectivity index (χ2v) is 5.70. The van der Waals surface area contributed by atoms with E-state index in [1.54, 1.807) is 11.1 Å². The first-order valence-electron chi connectivity index (χ1n) is 8.03. The molecule has 1 aromatic heterocycles. The van der Waals surface area contributed by atoms with Crippen LogP contribution < -0.4 is 5.32 Å². The van der Waals surface area contributed by atoms with Crippen LogP contribution in [0.1, 0.15) is 57.9 Å². The maximum atomic E-state index is 12.3. The molecule has 1 N–H and O–H groups in total. The Morgan fingerprint density at radius 2 is 1.95 bits per heavy atom. The van der Waals surface area contributed by atoms with Gasteiger partial charge in [0.2, 0.25) is 0 Å². The van der Waals surface area contributed by atoms with Gasteiger partial charge in [-0.25, -0.2) is 0 Å². The zero-order chi connectivity index (χ0) is 15.8. The molecule has 0 aliphatic rings. The van der Waals surface area contributed by atoms with Gasteiger partial charge in [0.15, 0.2) is 0 Å². The van der Waals surface area contributed by atoms with E-state index in [-0.39, 0.29) is 5.91 Å². The van der Waals surface area contributed by atoms with Gasteiger partial charge in [-0.2, -0.15) is 0 Å². The molecule has 0 fully saturated rings. The molecule has 2 unspecified atom stereocenters. The fourth-order valence-corrected chi connectivity index (χ4v) is 2.42. The van der Waals surface area contributed by atoms with E-state index >= 15 is 0 Å². The highest BCUT2D eigenvalue weighted by molar-refractivity contribution is 5.93. The van der Waals surface area contributed by atoms with E-state index in [1.165, 1.54) is 6.42 Å². The van der Waals surface area contributed by atoms with Gasteiger partial charge in [-0.1, -0.05) is 20.3 Å². The summed E-state index contributed by atoms with van der Waals surface area (Å²) in [6.45, 7) is 12.0. The molecule has 0 aromatic carbocycles. The maximum Gasteiger partial charge on any atom is 0.272 e. The van der Waals surface area contributed by atoms with Crippen LogP contribution in [0.15, 0.2) is 18.3 Å². The summed E-state index contributed by atoms with van der Waals surface area (Å²) in [7, 11) is 0. The van der Waals surface area contributed by atoms with Gasteiger partial charge < -0.3 is 10.2 Å². The van der Waals surface area contributed by atoms with Crippen LogP contribution in [0.4, 0.5) is 5.69 Å². The first-order chi connectivity index (χ1) is 10.0. The van der Waals surface area contributed by atoms with E-state index < -0.39 is 0 Å². The van der Waals surface area contributed by atoms with Crippen molar-refractivity contribution >= 4 is 11.6 Å². The van der Waals surface area contributed by atoms with Crippen molar-refractivity contribution in [3.05, 3.63) is 24.0 Å². The first kappa shape index (κ1) is 17.5. The third-order valence-electron chi connectivity index (χ3n) is 3.90. The Morgan fingerprint density at radius 3 is 2.52 bits per heavy atom. The molecule has 1 amide bonds. The standard InChI is InChI=1S/C17H29N3O/c1-6-13(4)11-14(5)19-15-9-10-18-16(12-15)17(21)20(7-2)8-3/h9-10,12-14H,6-8,11H2,1-5H3,(H,18,19). The second kappa shape index (κ2) is 8.65. The molecule has 0 bridgehead atoms. The number of hydrogen-bond donors (Lipinski definition) is 1. The van der Waals surface area contributed by atoms with Crippen molar-refractivity contribution in [1.82, 2.24) is 9.88 Å². The van der Waals surface area contributed by atoms with Gasteiger partial charge in [0.05, 0.1) is 0 Å². The number of rotatable bonds is 8. The molecule has 0 radical (unpaired) electrons. The van der Waals surface area contributed by atoms with E-state index in [2.05, 4.69) is 31.1 Å². The van der Waals surface area contributed by atoms with E-state index in [9.17, 15) is 4.79 Å². The second-order valence-electron chi connectivity index (χ2n) is 5.70. The van der Waals surface area contributed by atoms with Crippen LogP contribution in [-0.4, -0.2) is 34.9 Å². The zero-order valence-electron chi connectivity index (χ0n) is 14.0. The summed E-state index contributed by atoms with van der Waals surface area (Å²) in [5.74, 6) is 0.698. The highest BCUT2D eigenvalue weighted by atomic mass is 16.2. The summed E-state index contributed by atoms with van der Waals surface area (Å²) >= 11 is 0. The number of pyridine rings is 1. The van der Waals surface area contributed by atoms with Gasteiger partial charge >= 0.3 is 0 Å². The molecule has 0 saturated heterocycles. The lowest BCUT2D eigenvalue weighted by molar-refractivity contribution is 0.0767. The summed E-state index contributed by atoms with van der Waals surface area (Å²) in [6.07, 6.45) is 4.02. The van der Waals surface area contributed by atoms with E-state index in [0.29, 0.717) is 30.7 Å². The third kappa shape index (κ3) is 5.37. The summed E-state index contributed by atoms with van der Waals surface area (Å²) in [4.78, 5) is 18.3. The van der Waals surface area contributed by atoms with Crippen molar-refractivity contribution in [2.24, 2.45) is 5.92 Å². The molecule has 1 heterocycles. The number of carbonyl (C=O) groups is 1. The predicted molar refractivity (Wildman–Crippen MR) is 88.6 cm³/mol. The number of aromatic nitrogens is 1. The van der Waals surface area contributed by atoms with Crippen molar-refractivity contribution in [2.75, 3.05) is 18.4 Å². The van der Waals surface area contributed by atoms with Crippen LogP contribution in [0.3, 0.4) is 0 Å². The number of carbonyl (C=O) groups excluding carboxylic acids is 1. The number of amides is 1. The van der Waals surface area contributed by atoms with Gasteiger partial charge in [0.25, 0.3) is 5.91 Å². The molecule has 21 heavy (non-hydrogen) atoms. The highest BCUT2D eigenvalue weighted by Crippen LogP contribution is 2.16. The molecule has 0 aliphatic heterocycles. The molecule has 1 aromatic rings. The maximum absolute atomic E-state index is 12.3. The molecular weight excluding hydrogens is 262 g/mol. The fraction of sp³-hybridized carbons (Fsp3) is 0.647. The number of anilines is 1. The lowest BCUT2D eigenvalue weighted by Crippen LogP contribution is -2.31. The molecule has 0 spiro atoms. The number of nitrogens with zero attached hydrogens (tertiary/aromatic N) is 2. The van der Waals surface area contributed by atoms with Crippen LogP contribution >= 0.6 is 0 Å².